The Kier molecular flexibility index (Phi) is 3.64. The van der Waals surface area contributed by atoms with Gasteiger partial charge in [0, 0.05) is 5.69 Å². The molecule has 0 aliphatic carbocycles. The lowest BCUT2D eigenvalue weighted by molar-refractivity contribution is 0.340. The van der Waals surface area contributed by atoms with Gasteiger partial charge in [-0.25, -0.2) is 0 Å². The maximum atomic E-state index is 5.51. The van der Waals surface area contributed by atoms with Crippen molar-refractivity contribution < 1.29 is 4.74 Å². The lowest BCUT2D eigenvalue weighted by Crippen LogP contribution is -2.25. The standard InChI is InChI=1S/C18H21NO/c1-3-20-16-10-8-14(9-11-16)18-13(2)12-15-6-4-5-7-17(15)19-18/h4-11,13,18-19H,3,12H2,1-2H3. The van der Waals surface area contributed by atoms with Crippen molar-refractivity contribution in [2.24, 2.45) is 5.92 Å². The maximum absolute atomic E-state index is 5.51. The average Bonchev–Trinajstić information content (AvgIpc) is 2.48. The number of benzene rings is 2. The summed E-state index contributed by atoms with van der Waals surface area (Å²) in [6.07, 6.45) is 1.13. The zero-order valence-electron chi connectivity index (χ0n) is 12.1. The summed E-state index contributed by atoms with van der Waals surface area (Å²) in [5.74, 6) is 1.53. The van der Waals surface area contributed by atoms with Crippen molar-refractivity contribution in [1.82, 2.24) is 0 Å². The van der Waals surface area contributed by atoms with E-state index in [1.54, 1.807) is 0 Å². The van der Waals surface area contributed by atoms with Crippen LogP contribution in [0.15, 0.2) is 48.5 Å². The van der Waals surface area contributed by atoms with Crippen molar-refractivity contribution >= 4 is 5.69 Å². The molecule has 2 aromatic rings. The molecular formula is C18H21NO. The number of fused-ring (bicyclic) bond motifs is 1. The Morgan fingerprint density at radius 2 is 1.85 bits per heavy atom. The summed E-state index contributed by atoms with van der Waals surface area (Å²) in [4.78, 5) is 0. The minimum absolute atomic E-state index is 0.376. The molecule has 2 nitrogen and oxygen atoms in total. The van der Waals surface area contributed by atoms with Gasteiger partial charge in [-0.2, -0.15) is 0 Å². The van der Waals surface area contributed by atoms with Crippen molar-refractivity contribution in [3.8, 4) is 5.75 Å². The third kappa shape index (κ3) is 2.51. The van der Waals surface area contributed by atoms with Gasteiger partial charge >= 0.3 is 0 Å². The highest BCUT2D eigenvalue weighted by atomic mass is 16.5. The highest BCUT2D eigenvalue weighted by Crippen LogP contribution is 2.36. The molecule has 2 unspecified atom stereocenters. The van der Waals surface area contributed by atoms with E-state index in [0.717, 1.165) is 12.2 Å². The lowest BCUT2D eigenvalue weighted by atomic mass is 9.85. The molecule has 0 aromatic heterocycles. The van der Waals surface area contributed by atoms with Crippen LogP contribution in [-0.2, 0) is 6.42 Å². The molecule has 1 N–H and O–H groups in total. The summed E-state index contributed by atoms with van der Waals surface area (Å²) in [6.45, 7) is 5.03. The molecule has 1 aliphatic rings. The van der Waals surface area contributed by atoms with E-state index in [4.69, 9.17) is 4.74 Å². The van der Waals surface area contributed by atoms with Gasteiger partial charge in [0.2, 0.25) is 0 Å². The van der Waals surface area contributed by atoms with Gasteiger partial charge in [0.1, 0.15) is 5.75 Å². The van der Waals surface area contributed by atoms with Gasteiger partial charge in [-0.05, 0) is 48.6 Å². The Hall–Kier alpha value is -1.96. The largest absolute Gasteiger partial charge is 0.494 e. The number of hydrogen-bond acceptors (Lipinski definition) is 2. The van der Waals surface area contributed by atoms with Gasteiger partial charge in [-0.3, -0.25) is 0 Å². The molecular weight excluding hydrogens is 246 g/mol. The molecule has 0 bridgehead atoms. The zero-order chi connectivity index (χ0) is 13.9. The van der Waals surface area contributed by atoms with Crippen LogP contribution in [0, 0.1) is 5.92 Å². The first-order valence-corrected chi connectivity index (χ1v) is 7.35. The van der Waals surface area contributed by atoms with Crippen molar-refractivity contribution in [3.63, 3.8) is 0 Å². The zero-order valence-corrected chi connectivity index (χ0v) is 12.1. The number of rotatable bonds is 3. The van der Waals surface area contributed by atoms with Gasteiger partial charge in [0.25, 0.3) is 0 Å². The number of anilines is 1. The van der Waals surface area contributed by atoms with E-state index in [1.807, 2.05) is 6.92 Å². The minimum Gasteiger partial charge on any atom is -0.494 e. The molecule has 0 amide bonds. The van der Waals surface area contributed by atoms with Crippen molar-refractivity contribution in [2.75, 3.05) is 11.9 Å². The van der Waals surface area contributed by atoms with Crippen molar-refractivity contribution in [2.45, 2.75) is 26.3 Å². The van der Waals surface area contributed by atoms with Crippen LogP contribution in [0.25, 0.3) is 0 Å². The third-order valence-corrected chi connectivity index (χ3v) is 3.99. The SMILES string of the molecule is CCOc1ccc(C2Nc3ccccc3CC2C)cc1. The molecule has 0 saturated heterocycles. The Morgan fingerprint density at radius 3 is 2.60 bits per heavy atom. The first kappa shape index (κ1) is 13.0. The Balaban J connectivity index is 1.83. The fourth-order valence-electron chi connectivity index (χ4n) is 2.96. The predicted octanol–water partition coefficient (Wildman–Crippen LogP) is 4.43. The first-order chi connectivity index (χ1) is 9.78. The molecule has 2 heteroatoms. The molecule has 1 aliphatic heterocycles. The van der Waals surface area contributed by atoms with E-state index in [9.17, 15) is 0 Å². The van der Waals surface area contributed by atoms with E-state index in [0.29, 0.717) is 18.6 Å². The van der Waals surface area contributed by atoms with Gasteiger partial charge in [-0.15, -0.1) is 0 Å². The van der Waals surface area contributed by atoms with Crippen molar-refractivity contribution in [1.29, 1.82) is 0 Å². The Morgan fingerprint density at radius 1 is 1.10 bits per heavy atom. The van der Waals surface area contributed by atoms with Crippen LogP contribution in [-0.4, -0.2) is 6.61 Å². The molecule has 2 atom stereocenters. The topological polar surface area (TPSA) is 21.3 Å². The number of ether oxygens (including phenoxy) is 1. The first-order valence-electron chi connectivity index (χ1n) is 7.35. The van der Waals surface area contributed by atoms with Gasteiger partial charge < -0.3 is 10.1 Å². The van der Waals surface area contributed by atoms with Gasteiger partial charge in [-0.1, -0.05) is 37.3 Å². The molecule has 2 aromatic carbocycles. The number of hydrogen-bond donors (Lipinski definition) is 1. The van der Waals surface area contributed by atoms with E-state index in [2.05, 4.69) is 60.8 Å². The molecule has 104 valence electrons. The van der Waals surface area contributed by atoms with Crippen molar-refractivity contribution in [3.05, 3.63) is 59.7 Å². The normalized spacial score (nSPS) is 20.9. The molecule has 0 saturated carbocycles. The fraction of sp³-hybridized carbons (Fsp3) is 0.333. The monoisotopic (exact) mass is 267 g/mol. The molecule has 0 radical (unpaired) electrons. The second-order valence-electron chi connectivity index (χ2n) is 5.46. The quantitative estimate of drug-likeness (QED) is 0.888. The summed E-state index contributed by atoms with van der Waals surface area (Å²) in [7, 11) is 0. The summed E-state index contributed by atoms with van der Waals surface area (Å²) < 4.78 is 5.51. The summed E-state index contributed by atoms with van der Waals surface area (Å²) >= 11 is 0. The molecule has 0 spiro atoms. The third-order valence-electron chi connectivity index (χ3n) is 3.99. The van der Waals surface area contributed by atoms with E-state index < -0.39 is 0 Å². The Labute approximate surface area is 120 Å². The van der Waals surface area contributed by atoms with Crippen LogP contribution in [0.3, 0.4) is 0 Å². The molecule has 0 fully saturated rings. The van der Waals surface area contributed by atoms with E-state index >= 15 is 0 Å². The predicted molar refractivity (Wildman–Crippen MR) is 83.3 cm³/mol. The summed E-state index contributed by atoms with van der Waals surface area (Å²) in [5, 5.41) is 3.67. The fourth-order valence-corrected chi connectivity index (χ4v) is 2.96. The molecule has 20 heavy (non-hydrogen) atoms. The van der Waals surface area contributed by atoms with Gasteiger partial charge in [0.05, 0.1) is 12.6 Å². The lowest BCUT2D eigenvalue weighted by Gasteiger charge is -2.33. The smallest absolute Gasteiger partial charge is 0.119 e. The molecule has 3 rings (SSSR count). The maximum Gasteiger partial charge on any atom is 0.119 e. The Bertz CT molecular complexity index is 576. The number of para-hydroxylation sites is 1. The highest BCUT2D eigenvalue weighted by molar-refractivity contribution is 5.55. The van der Waals surface area contributed by atoms with Crippen LogP contribution >= 0.6 is 0 Å². The molecule has 1 heterocycles. The minimum atomic E-state index is 0.376. The second kappa shape index (κ2) is 5.58. The van der Waals surface area contributed by atoms with E-state index in [-0.39, 0.29) is 0 Å². The van der Waals surface area contributed by atoms with Crippen LogP contribution in [0.5, 0.6) is 5.75 Å². The van der Waals surface area contributed by atoms with Crippen LogP contribution < -0.4 is 10.1 Å². The number of nitrogens with one attached hydrogen (secondary N) is 1. The summed E-state index contributed by atoms with van der Waals surface area (Å²) in [6, 6.07) is 17.4. The second-order valence-corrected chi connectivity index (χ2v) is 5.46. The highest BCUT2D eigenvalue weighted by Gasteiger charge is 2.25. The van der Waals surface area contributed by atoms with Gasteiger partial charge in [0.15, 0.2) is 0 Å². The van der Waals surface area contributed by atoms with E-state index in [1.165, 1.54) is 16.8 Å². The summed E-state index contributed by atoms with van der Waals surface area (Å²) in [5.41, 5.74) is 4.02. The van der Waals surface area contributed by atoms with Crippen LogP contribution in [0.1, 0.15) is 31.0 Å². The van der Waals surface area contributed by atoms with Crippen LogP contribution in [0.2, 0.25) is 0 Å². The average molecular weight is 267 g/mol. The van der Waals surface area contributed by atoms with Crippen LogP contribution in [0.4, 0.5) is 5.69 Å².